The highest BCUT2D eigenvalue weighted by Gasteiger charge is 2.38. The summed E-state index contributed by atoms with van der Waals surface area (Å²) in [5, 5.41) is 0. The van der Waals surface area contributed by atoms with Crippen molar-refractivity contribution >= 4 is 0 Å². The highest BCUT2D eigenvalue weighted by molar-refractivity contribution is 5.32. The molecule has 2 nitrogen and oxygen atoms in total. The van der Waals surface area contributed by atoms with Gasteiger partial charge in [-0.3, -0.25) is 0 Å². The lowest BCUT2D eigenvalue weighted by atomic mass is 10.0. The zero-order valence-corrected chi connectivity index (χ0v) is 9.73. The van der Waals surface area contributed by atoms with E-state index in [0.29, 0.717) is 12.0 Å². The molecular formula is C14H19NO. The van der Waals surface area contributed by atoms with E-state index in [9.17, 15) is 0 Å². The van der Waals surface area contributed by atoms with Crippen molar-refractivity contribution in [2.24, 2.45) is 17.6 Å². The number of benzene rings is 1. The molecule has 0 heterocycles. The predicted octanol–water partition coefficient (Wildman–Crippen LogP) is 2.88. The van der Waals surface area contributed by atoms with Crippen LogP contribution in [0.15, 0.2) is 24.3 Å². The molecule has 0 saturated heterocycles. The molecule has 2 aliphatic rings. The fourth-order valence-electron chi connectivity index (χ4n) is 2.27. The van der Waals surface area contributed by atoms with E-state index in [4.69, 9.17) is 10.5 Å². The summed E-state index contributed by atoms with van der Waals surface area (Å²) in [6, 6.07) is 8.52. The van der Waals surface area contributed by atoms with Gasteiger partial charge in [-0.05, 0) is 48.8 Å². The maximum Gasteiger partial charge on any atom is 0.120 e. The van der Waals surface area contributed by atoms with E-state index in [1.807, 2.05) is 6.07 Å². The largest absolute Gasteiger partial charge is 0.490 e. The second-order valence-corrected chi connectivity index (χ2v) is 5.29. The molecular weight excluding hydrogens is 198 g/mol. The molecule has 0 amide bonds. The summed E-state index contributed by atoms with van der Waals surface area (Å²) in [4.78, 5) is 0. The van der Waals surface area contributed by atoms with E-state index in [2.05, 4.69) is 25.1 Å². The average Bonchev–Trinajstić information content (AvgIpc) is 3.17. The third-order valence-corrected chi connectivity index (χ3v) is 3.70. The molecule has 3 rings (SSSR count). The Morgan fingerprint density at radius 3 is 2.75 bits per heavy atom. The fraction of sp³-hybridized carbons (Fsp3) is 0.571. The molecule has 2 N–H and O–H groups in total. The van der Waals surface area contributed by atoms with Crippen LogP contribution in [-0.4, -0.2) is 6.10 Å². The van der Waals surface area contributed by atoms with Crippen molar-refractivity contribution in [3.63, 3.8) is 0 Å². The quantitative estimate of drug-likeness (QED) is 0.841. The number of rotatable bonds is 4. The maximum absolute atomic E-state index is 6.25. The Morgan fingerprint density at radius 2 is 2.12 bits per heavy atom. The molecule has 0 aromatic heterocycles. The lowest BCUT2D eigenvalue weighted by molar-refractivity contribution is 0.302. The molecule has 0 aliphatic heterocycles. The smallest absolute Gasteiger partial charge is 0.120 e. The van der Waals surface area contributed by atoms with Crippen LogP contribution >= 0.6 is 0 Å². The van der Waals surface area contributed by atoms with E-state index in [1.54, 1.807) is 0 Å². The van der Waals surface area contributed by atoms with Crippen molar-refractivity contribution in [3.05, 3.63) is 29.8 Å². The van der Waals surface area contributed by atoms with Crippen molar-refractivity contribution in [1.29, 1.82) is 0 Å². The fourth-order valence-corrected chi connectivity index (χ4v) is 2.27. The third-order valence-electron chi connectivity index (χ3n) is 3.70. The number of hydrogen-bond acceptors (Lipinski definition) is 2. The van der Waals surface area contributed by atoms with Gasteiger partial charge >= 0.3 is 0 Å². The van der Waals surface area contributed by atoms with E-state index in [-0.39, 0.29) is 6.04 Å². The molecule has 0 bridgehead atoms. The van der Waals surface area contributed by atoms with Crippen molar-refractivity contribution in [3.8, 4) is 5.75 Å². The monoisotopic (exact) mass is 217 g/mol. The van der Waals surface area contributed by atoms with Gasteiger partial charge in [-0.15, -0.1) is 0 Å². The van der Waals surface area contributed by atoms with Crippen LogP contribution in [0.3, 0.4) is 0 Å². The molecule has 0 spiro atoms. The normalized spacial score (nSPS) is 29.9. The van der Waals surface area contributed by atoms with Gasteiger partial charge in [0, 0.05) is 6.04 Å². The standard InChI is InChI=1S/C14H19NO/c1-9-7-13(9)14(15)10-3-2-4-12(8-10)16-11-5-6-11/h2-4,8-9,11,13-14H,5-7,15H2,1H3. The summed E-state index contributed by atoms with van der Waals surface area (Å²) in [7, 11) is 0. The first-order valence-electron chi connectivity index (χ1n) is 6.26. The Morgan fingerprint density at radius 1 is 1.38 bits per heavy atom. The third kappa shape index (κ3) is 2.07. The van der Waals surface area contributed by atoms with Crippen molar-refractivity contribution < 1.29 is 4.74 Å². The molecule has 3 unspecified atom stereocenters. The minimum atomic E-state index is 0.192. The van der Waals surface area contributed by atoms with E-state index >= 15 is 0 Å². The molecule has 1 aromatic rings. The van der Waals surface area contributed by atoms with Crippen molar-refractivity contribution in [2.75, 3.05) is 0 Å². The van der Waals surface area contributed by atoms with Gasteiger partial charge < -0.3 is 10.5 Å². The van der Waals surface area contributed by atoms with Crippen LogP contribution < -0.4 is 10.5 Å². The van der Waals surface area contributed by atoms with Crippen LogP contribution in [0.5, 0.6) is 5.75 Å². The average molecular weight is 217 g/mol. The SMILES string of the molecule is CC1CC1C(N)c1cccc(OC2CC2)c1. The topological polar surface area (TPSA) is 35.2 Å². The Hall–Kier alpha value is -1.02. The minimum Gasteiger partial charge on any atom is -0.490 e. The van der Waals surface area contributed by atoms with E-state index < -0.39 is 0 Å². The zero-order valence-electron chi connectivity index (χ0n) is 9.73. The molecule has 2 fully saturated rings. The van der Waals surface area contributed by atoms with Gasteiger partial charge in [0.2, 0.25) is 0 Å². The number of hydrogen-bond donors (Lipinski definition) is 1. The highest BCUT2D eigenvalue weighted by atomic mass is 16.5. The molecule has 16 heavy (non-hydrogen) atoms. The first-order chi connectivity index (χ1) is 7.74. The summed E-state index contributed by atoms with van der Waals surface area (Å²) < 4.78 is 5.79. The molecule has 86 valence electrons. The first kappa shape index (κ1) is 10.2. The van der Waals surface area contributed by atoms with Gasteiger partial charge in [0.1, 0.15) is 5.75 Å². The van der Waals surface area contributed by atoms with Crippen LogP contribution in [0.1, 0.15) is 37.8 Å². The molecule has 2 heteroatoms. The van der Waals surface area contributed by atoms with Gasteiger partial charge in [0.25, 0.3) is 0 Å². The predicted molar refractivity (Wildman–Crippen MR) is 64.3 cm³/mol. The molecule has 1 aromatic carbocycles. The molecule has 0 radical (unpaired) electrons. The lowest BCUT2D eigenvalue weighted by Crippen LogP contribution is -2.13. The van der Waals surface area contributed by atoms with Crippen LogP contribution in [0, 0.1) is 11.8 Å². The zero-order chi connectivity index (χ0) is 11.1. The first-order valence-corrected chi connectivity index (χ1v) is 6.26. The summed E-state index contributed by atoms with van der Waals surface area (Å²) in [5.74, 6) is 2.46. The van der Waals surface area contributed by atoms with Crippen LogP contribution in [-0.2, 0) is 0 Å². The van der Waals surface area contributed by atoms with Gasteiger partial charge in [0.15, 0.2) is 0 Å². The van der Waals surface area contributed by atoms with Crippen LogP contribution in [0.2, 0.25) is 0 Å². The summed E-state index contributed by atoms with van der Waals surface area (Å²) in [6.07, 6.45) is 4.15. The van der Waals surface area contributed by atoms with Gasteiger partial charge in [-0.1, -0.05) is 19.1 Å². The maximum atomic E-state index is 6.25. The summed E-state index contributed by atoms with van der Waals surface area (Å²) in [5.41, 5.74) is 7.48. The van der Waals surface area contributed by atoms with Crippen molar-refractivity contribution in [2.45, 2.75) is 38.3 Å². The lowest BCUT2D eigenvalue weighted by Gasteiger charge is -2.13. The molecule has 3 atom stereocenters. The summed E-state index contributed by atoms with van der Waals surface area (Å²) >= 11 is 0. The second kappa shape index (κ2) is 3.77. The Labute approximate surface area is 96.8 Å². The number of nitrogens with two attached hydrogens (primary N) is 1. The van der Waals surface area contributed by atoms with Gasteiger partial charge in [-0.25, -0.2) is 0 Å². The molecule has 2 aliphatic carbocycles. The Bertz CT molecular complexity index is 386. The molecule has 2 saturated carbocycles. The Balaban J connectivity index is 1.73. The van der Waals surface area contributed by atoms with Crippen LogP contribution in [0.4, 0.5) is 0 Å². The van der Waals surface area contributed by atoms with Crippen LogP contribution in [0.25, 0.3) is 0 Å². The van der Waals surface area contributed by atoms with Gasteiger partial charge in [0.05, 0.1) is 6.10 Å². The highest BCUT2D eigenvalue weighted by Crippen LogP contribution is 2.46. The number of ether oxygens (including phenoxy) is 1. The second-order valence-electron chi connectivity index (χ2n) is 5.29. The van der Waals surface area contributed by atoms with E-state index in [1.165, 1.54) is 24.8 Å². The van der Waals surface area contributed by atoms with E-state index in [0.717, 1.165) is 11.7 Å². The van der Waals surface area contributed by atoms with Crippen molar-refractivity contribution in [1.82, 2.24) is 0 Å². The Kier molecular flexibility index (Phi) is 2.40. The van der Waals surface area contributed by atoms with Gasteiger partial charge in [-0.2, -0.15) is 0 Å². The summed E-state index contributed by atoms with van der Waals surface area (Å²) in [6.45, 7) is 2.27. The minimum absolute atomic E-state index is 0.192.